The number of rotatable bonds is 2. The average molecular weight is 276 g/mol. The first-order chi connectivity index (χ1) is 8.33. The van der Waals surface area contributed by atoms with Crippen LogP contribution in [0.4, 0.5) is 0 Å². The summed E-state index contributed by atoms with van der Waals surface area (Å²) in [6.07, 6.45) is 1.31. The molecule has 3 atom stereocenters. The first-order valence-corrected chi connectivity index (χ1v) is 8.00. The van der Waals surface area contributed by atoms with Crippen LogP contribution < -0.4 is 11.1 Å². The second kappa shape index (κ2) is 4.79. The Hall–Kier alpha value is -0.660. The molecule has 0 aromatic rings. The minimum Gasteiger partial charge on any atom is -0.379 e. The molecule has 2 aliphatic rings. The molecule has 0 spiro atoms. The van der Waals surface area contributed by atoms with Gasteiger partial charge in [0.05, 0.1) is 30.1 Å². The molecule has 0 aromatic carbocycles. The van der Waals surface area contributed by atoms with Crippen molar-refractivity contribution in [3.05, 3.63) is 0 Å². The highest BCUT2D eigenvalue weighted by Crippen LogP contribution is 2.27. The van der Waals surface area contributed by atoms with Crippen molar-refractivity contribution in [2.45, 2.75) is 31.8 Å². The van der Waals surface area contributed by atoms with Crippen molar-refractivity contribution in [1.29, 1.82) is 0 Å². The summed E-state index contributed by atoms with van der Waals surface area (Å²) in [5, 5.41) is 2.81. The van der Waals surface area contributed by atoms with Crippen molar-refractivity contribution in [2.75, 3.05) is 24.7 Å². The third-order valence-corrected chi connectivity index (χ3v) is 5.66. The number of carbonyl (C=O) groups is 1. The summed E-state index contributed by atoms with van der Waals surface area (Å²) in [4.78, 5) is 12.2. The van der Waals surface area contributed by atoms with Crippen molar-refractivity contribution < 1.29 is 17.9 Å². The maximum absolute atomic E-state index is 12.2. The van der Waals surface area contributed by atoms with Crippen LogP contribution in [-0.4, -0.2) is 51.1 Å². The summed E-state index contributed by atoms with van der Waals surface area (Å²) in [5.41, 5.74) is 5.12. The van der Waals surface area contributed by atoms with Crippen LogP contribution in [0.5, 0.6) is 0 Å². The zero-order valence-electron chi connectivity index (χ0n) is 10.5. The molecule has 0 aliphatic carbocycles. The van der Waals surface area contributed by atoms with Crippen molar-refractivity contribution in [2.24, 2.45) is 11.1 Å². The van der Waals surface area contributed by atoms with Crippen molar-refractivity contribution in [3.63, 3.8) is 0 Å². The van der Waals surface area contributed by atoms with Crippen LogP contribution in [0.3, 0.4) is 0 Å². The van der Waals surface area contributed by atoms with Crippen molar-refractivity contribution >= 4 is 15.7 Å². The summed E-state index contributed by atoms with van der Waals surface area (Å²) in [7, 11) is -3.01. The number of amides is 1. The molecule has 3 N–H and O–H groups in total. The number of sulfone groups is 1. The van der Waals surface area contributed by atoms with E-state index in [1.165, 1.54) is 0 Å². The molecule has 2 rings (SSSR count). The maximum Gasteiger partial charge on any atom is 0.230 e. The molecule has 2 saturated heterocycles. The van der Waals surface area contributed by atoms with Crippen LogP contribution >= 0.6 is 0 Å². The van der Waals surface area contributed by atoms with Crippen LogP contribution in [0.2, 0.25) is 0 Å². The van der Waals surface area contributed by atoms with Gasteiger partial charge in [-0.15, -0.1) is 0 Å². The summed E-state index contributed by atoms with van der Waals surface area (Å²) in [5.74, 6) is 0.0547. The van der Waals surface area contributed by atoms with Gasteiger partial charge in [0, 0.05) is 12.1 Å². The lowest BCUT2D eigenvalue weighted by Gasteiger charge is -2.30. The minimum atomic E-state index is -3.01. The Morgan fingerprint density at radius 3 is 2.78 bits per heavy atom. The van der Waals surface area contributed by atoms with Crippen molar-refractivity contribution in [3.8, 4) is 0 Å². The molecule has 3 unspecified atom stereocenters. The molecule has 0 radical (unpaired) electrons. The topological polar surface area (TPSA) is 98.5 Å². The van der Waals surface area contributed by atoms with E-state index in [-0.39, 0.29) is 29.5 Å². The Morgan fingerprint density at radius 2 is 2.22 bits per heavy atom. The minimum absolute atomic E-state index is 0.0327. The van der Waals surface area contributed by atoms with Gasteiger partial charge in [-0.3, -0.25) is 4.79 Å². The van der Waals surface area contributed by atoms with Gasteiger partial charge in [0.25, 0.3) is 0 Å². The fraction of sp³-hybridized carbons (Fsp3) is 0.909. The fourth-order valence-electron chi connectivity index (χ4n) is 2.41. The predicted molar refractivity (Wildman–Crippen MR) is 66.7 cm³/mol. The molecule has 0 saturated carbocycles. The largest absolute Gasteiger partial charge is 0.379 e. The lowest BCUT2D eigenvalue weighted by atomic mass is 9.84. The number of ether oxygens (including phenoxy) is 1. The van der Waals surface area contributed by atoms with Gasteiger partial charge in [0.1, 0.15) is 0 Å². The van der Waals surface area contributed by atoms with E-state index in [9.17, 15) is 13.2 Å². The highest BCUT2D eigenvalue weighted by Gasteiger charge is 2.45. The van der Waals surface area contributed by atoms with Crippen LogP contribution in [0.15, 0.2) is 0 Å². The lowest BCUT2D eigenvalue weighted by Crippen LogP contribution is -2.54. The Labute approximate surface area is 107 Å². The molecule has 6 nitrogen and oxygen atoms in total. The Balaban J connectivity index is 1.99. The van der Waals surface area contributed by atoms with Gasteiger partial charge in [-0.05, 0) is 19.8 Å². The highest BCUT2D eigenvalue weighted by atomic mass is 32.2. The van der Waals surface area contributed by atoms with Crippen LogP contribution in [0.1, 0.15) is 19.8 Å². The van der Waals surface area contributed by atoms with E-state index in [1.54, 1.807) is 6.92 Å². The zero-order valence-corrected chi connectivity index (χ0v) is 11.3. The third-order valence-electron chi connectivity index (χ3n) is 3.83. The normalized spacial score (nSPS) is 39.4. The number of nitrogens with two attached hydrogens (primary N) is 1. The third kappa shape index (κ3) is 2.67. The van der Waals surface area contributed by atoms with Crippen LogP contribution in [-0.2, 0) is 19.4 Å². The second-order valence-corrected chi connectivity index (χ2v) is 7.69. The molecule has 18 heavy (non-hydrogen) atoms. The predicted octanol–water partition coefficient (Wildman–Crippen LogP) is -0.956. The molecule has 2 heterocycles. The first-order valence-electron chi connectivity index (χ1n) is 6.18. The highest BCUT2D eigenvalue weighted by molar-refractivity contribution is 7.91. The monoisotopic (exact) mass is 276 g/mol. The molecule has 2 fully saturated rings. The molecule has 0 bridgehead atoms. The van der Waals surface area contributed by atoms with E-state index in [0.29, 0.717) is 26.1 Å². The smallest absolute Gasteiger partial charge is 0.230 e. The van der Waals surface area contributed by atoms with Gasteiger partial charge in [-0.1, -0.05) is 0 Å². The second-order valence-electron chi connectivity index (χ2n) is 5.47. The Kier molecular flexibility index (Phi) is 3.66. The van der Waals surface area contributed by atoms with Gasteiger partial charge in [-0.2, -0.15) is 0 Å². The molecular weight excluding hydrogens is 256 g/mol. The standard InChI is InChI=1S/C11H20N2O4S/c1-11(7-17-5-9(11)12)10(14)13-8-3-2-4-18(15,16)6-8/h8-9H,2-7,12H2,1H3,(H,13,14). The molecule has 104 valence electrons. The van der Waals surface area contributed by atoms with E-state index in [4.69, 9.17) is 10.5 Å². The molecule has 2 aliphatic heterocycles. The number of hydrogen-bond acceptors (Lipinski definition) is 5. The number of carbonyl (C=O) groups excluding carboxylic acids is 1. The van der Waals surface area contributed by atoms with Crippen LogP contribution in [0.25, 0.3) is 0 Å². The zero-order chi connectivity index (χ0) is 13.4. The van der Waals surface area contributed by atoms with Gasteiger partial charge < -0.3 is 15.8 Å². The van der Waals surface area contributed by atoms with Gasteiger partial charge in [0.2, 0.25) is 5.91 Å². The van der Waals surface area contributed by atoms with Crippen molar-refractivity contribution in [1.82, 2.24) is 5.32 Å². The lowest BCUT2D eigenvalue weighted by molar-refractivity contribution is -0.131. The van der Waals surface area contributed by atoms with Gasteiger partial charge >= 0.3 is 0 Å². The molecule has 1 amide bonds. The SMILES string of the molecule is CC1(C(=O)NC2CCCS(=O)(=O)C2)COCC1N. The number of hydrogen-bond donors (Lipinski definition) is 2. The average Bonchev–Trinajstić information content (AvgIpc) is 2.59. The van der Waals surface area contributed by atoms with Gasteiger partial charge in [-0.25, -0.2) is 8.42 Å². The molecular formula is C11H20N2O4S. The first kappa shape index (κ1) is 13.8. The summed E-state index contributed by atoms with van der Waals surface area (Å²) in [6, 6.07) is -0.626. The molecule has 7 heteroatoms. The maximum atomic E-state index is 12.2. The quantitative estimate of drug-likeness (QED) is 0.677. The molecule has 0 aromatic heterocycles. The summed E-state index contributed by atoms with van der Waals surface area (Å²) >= 11 is 0. The summed E-state index contributed by atoms with van der Waals surface area (Å²) < 4.78 is 28.2. The fourth-order valence-corrected chi connectivity index (χ4v) is 4.05. The van der Waals surface area contributed by atoms with E-state index in [0.717, 1.165) is 0 Å². The van der Waals surface area contributed by atoms with E-state index in [1.807, 2.05) is 0 Å². The Bertz CT molecular complexity index is 436. The van der Waals surface area contributed by atoms with Crippen LogP contribution in [0, 0.1) is 5.41 Å². The van der Waals surface area contributed by atoms with Gasteiger partial charge in [0.15, 0.2) is 9.84 Å². The Morgan fingerprint density at radius 1 is 1.50 bits per heavy atom. The van der Waals surface area contributed by atoms with E-state index in [2.05, 4.69) is 5.32 Å². The van der Waals surface area contributed by atoms with E-state index < -0.39 is 15.3 Å². The number of nitrogens with one attached hydrogen (secondary N) is 1. The van der Waals surface area contributed by atoms with E-state index >= 15 is 0 Å². The summed E-state index contributed by atoms with van der Waals surface area (Å²) in [6.45, 7) is 2.42.